The molecule has 0 aliphatic heterocycles. The zero-order valence-electron chi connectivity index (χ0n) is 4.34. The molecule has 0 aliphatic carbocycles. The molecule has 4 heteroatoms. The molecule has 3 nitrogen and oxygen atoms in total. The first-order valence-electron chi connectivity index (χ1n) is 1.93. The molecular weight excluding hydrogens is 128 g/mol. The number of carboxylic acids is 1. The molecule has 0 unspecified atom stereocenters. The van der Waals surface area contributed by atoms with Gasteiger partial charge < -0.3 is 9.90 Å². The molecule has 0 N–H and O–H groups in total. The summed E-state index contributed by atoms with van der Waals surface area (Å²) >= 11 is 0.893. The van der Waals surface area contributed by atoms with Crippen LogP contribution >= 0.6 is 11.8 Å². The fourth-order valence-corrected chi connectivity index (χ4v) is 0.452. The minimum Gasteiger partial charge on any atom is -0.550 e. The van der Waals surface area contributed by atoms with Gasteiger partial charge >= 0.3 is 0 Å². The van der Waals surface area contributed by atoms with Crippen molar-refractivity contribution in [2.75, 3.05) is 6.26 Å². The van der Waals surface area contributed by atoms with Crippen molar-refractivity contribution >= 4 is 22.8 Å². The Bertz CT molecular complexity index is 110. The summed E-state index contributed by atoms with van der Waals surface area (Å²) in [5.41, 5.74) is 0. The van der Waals surface area contributed by atoms with Crippen molar-refractivity contribution in [3.63, 3.8) is 0 Å². The van der Waals surface area contributed by atoms with Crippen LogP contribution in [0.4, 0.5) is 0 Å². The molecule has 0 aliphatic rings. The molecule has 0 aromatic carbocycles. The van der Waals surface area contributed by atoms with E-state index in [4.69, 9.17) is 0 Å². The quantitative estimate of drug-likeness (QED) is 0.454. The van der Waals surface area contributed by atoms with E-state index in [0.29, 0.717) is 0 Å². The van der Waals surface area contributed by atoms with Gasteiger partial charge in [-0.15, -0.1) is 0 Å². The number of carboxylic acid groups (broad SMARTS) is 1. The molecule has 0 bridgehead atoms. The first-order chi connectivity index (χ1) is 3.66. The van der Waals surface area contributed by atoms with Gasteiger partial charge in [0.1, 0.15) is 0 Å². The molecule has 8 heavy (non-hydrogen) atoms. The van der Waals surface area contributed by atoms with Gasteiger partial charge in [0.2, 0.25) is 0 Å². The van der Waals surface area contributed by atoms with Crippen LogP contribution in [0.2, 0.25) is 0 Å². The third-order valence-electron chi connectivity index (χ3n) is 0.516. The minimum absolute atomic E-state index is 0.370. The molecule has 0 atom stereocenters. The summed E-state index contributed by atoms with van der Waals surface area (Å²) in [7, 11) is 0. The lowest BCUT2D eigenvalue weighted by Crippen LogP contribution is -2.24. The van der Waals surface area contributed by atoms with Gasteiger partial charge in [0.25, 0.3) is 0 Å². The van der Waals surface area contributed by atoms with Crippen molar-refractivity contribution in [2.45, 2.75) is 6.42 Å². The zero-order chi connectivity index (χ0) is 6.57. The fourth-order valence-electron chi connectivity index (χ4n) is 0.190. The predicted molar refractivity (Wildman–Crippen MR) is 28.1 cm³/mol. The Labute approximate surface area is 51.1 Å². The van der Waals surface area contributed by atoms with Crippen molar-refractivity contribution in [3.05, 3.63) is 0 Å². The molecular formula is C4H5O3S-. The highest BCUT2D eigenvalue weighted by molar-refractivity contribution is 8.13. The summed E-state index contributed by atoms with van der Waals surface area (Å²) < 4.78 is 0. The van der Waals surface area contributed by atoms with Crippen LogP contribution in [-0.4, -0.2) is 17.3 Å². The second kappa shape index (κ2) is 3.49. The monoisotopic (exact) mass is 133 g/mol. The van der Waals surface area contributed by atoms with Crippen molar-refractivity contribution in [1.82, 2.24) is 0 Å². The van der Waals surface area contributed by atoms with Gasteiger partial charge in [-0.25, -0.2) is 0 Å². The number of rotatable bonds is 2. The Balaban J connectivity index is 3.40. The van der Waals surface area contributed by atoms with Crippen molar-refractivity contribution in [3.8, 4) is 0 Å². The summed E-state index contributed by atoms with van der Waals surface area (Å²) in [6.07, 6.45) is 1.05. The molecule has 0 radical (unpaired) electrons. The number of thioether (sulfide) groups is 1. The van der Waals surface area contributed by atoms with Crippen LogP contribution in [-0.2, 0) is 9.59 Å². The average molecular weight is 133 g/mol. The lowest BCUT2D eigenvalue weighted by molar-refractivity contribution is -0.304. The highest BCUT2D eigenvalue weighted by Gasteiger charge is 1.96. The third kappa shape index (κ3) is 3.67. The van der Waals surface area contributed by atoms with E-state index in [9.17, 15) is 14.7 Å². The highest BCUT2D eigenvalue weighted by Crippen LogP contribution is 1.96. The Kier molecular flexibility index (Phi) is 3.26. The van der Waals surface area contributed by atoms with E-state index in [2.05, 4.69) is 0 Å². The molecule has 0 aromatic rings. The lowest BCUT2D eigenvalue weighted by Gasteiger charge is -1.94. The van der Waals surface area contributed by atoms with Crippen LogP contribution in [0.3, 0.4) is 0 Å². The Morgan fingerprint density at radius 2 is 2.12 bits per heavy atom. The minimum atomic E-state index is -1.32. The number of hydrogen-bond acceptors (Lipinski definition) is 4. The van der Waals surface area contributed by atoms with Gasteiger partial charge in [0, 0.05) is 5.97 Å². The third-order valence-corrected chi connectivity index (χ3v) is 1.12. The van der Waals surface area contributed by atoms with Crippen LogP contribution in [0.5, 0.6) is 0 Å². The maximum absolute atomic E-state index is 10.2. The smallest absolute Gasteiger partial charge is 0.194 e. The Hall–Kier alpha value is -0.510. The molecule has 0 spiro atoms. The van der Waals surface area contributed by atoms with Gasteiger partial charge in [0.15, 0.2) is 5.12 Å². The fraction of sp³-hybridized carbons (Fsp3) is 0.500. The van der Waals surface area contributed by atoms with E-state index in [0.717, 1.165) is 11.8 Å². The Morgan fingerprint density at radius 3 is 2.25 bits per heavy atom. The predicted octanol–water partition coefficient (Wildman–Crippen LogP) is -0.984. The summed E-state index contributed by atoms with van der Waals surface area (Å²) in [5, 5.41) is 9.25. The summed E-state index contributed by atoms with van der Waals surface area (Å²) in [5.74, 6) is -1.32. The van der Waals surface area contributed by atoms with E-state index >= 15 is 0 Å². The standard InChI is InChI=1S/C4H6O3S/c1-8-4(7)2-3(5)6/h2H2,1H3,(H,5,6)/p-1. The number of carbonyl (C=O) groups excluding carboxylic acids is 2. The zero-order valence-corrected chi connectivity index (χ0v) is 5.16. The highest BCUT2D eigenvalue weighted by atomic mass is 32.2. The number of carbonyl (C=O) groups is 2. The maximum atomic E-state index is 10.2. The van der Waals surface area contributed by atoms with E-state index in [1.807, 2.05) is 0 Å². The molecule has 0 aromatic heterocycles. The van der Waals surface area contributed by atoms with Gasteiger partial charge in [-0.3, -0.25) is 4.79 Å². The van der Waals surface area contributed by atoms with Crippen LogP contribution in [0.1, 0.15) is 6.42 Å². The molecule has 0 heterocycles. The second-order valence-electron chi connectivity index (χ2n) is 1.12. The summed E-state index contributed by atoms with van der Waals surface area (Å²) in [6.45, 7) is 0. The van der Waals surface area contributed by atoms with Gasteiger partial charge in [-0.2, -0.15) is 0 Å². The summed E-state index contributed by atoms with van der Waals surface area (Å²) in [4.78, 5) is 19.8. The first-order valence-corrected chi connectivity index (χ1v) is 3.16. The van der Waals surface area contributed by atoms with E-state index in [-0.39, 0.29) is 5.12 Å². The van der Waals surface area contributed by atoms with Crippen molar-refractivity contribution < 1.29 is 14.7 Å². The molecule has 0 saturated carbocycles. The Morgan fingerprint density at radius 1 is 1.62 bits per heavy atom. The normalized spacial score (nSPS) is 8.62. The van der Waals surface area contributed by atoms with Gasteiger partial charge in [-0.1, -0.05) is 11.8 Å². The number of hydrogen-bond donors (Lipinski definition) is 0. The average Bonchev–Trinajstić information content (AvgIpc) is 1.65. The van der Waals surface area contributed by atoms with E-state index in [1.165, 1.54) is 6.26 Å². The van der Waals surface area contributed by atoms with Crippen LogP contribution in [0, 0.1) is 0 Å². The summed E-state index contributed by atoms with van der Waals surface area (Å²) in [6, 6.07) is 0. The second-order valence-corrected chi connectivity index (χ2v) is 1.99. The van der Waals surface area contributed by atoms with E-state index in [1.54, 1.807) is 0 Å². The lowest BCUT2D eigenvalue weighted by atomic mass is 10.5. The van der Waals surface area contributed by atoms with Crippen LogP contribution in [0.15, 0.2) is 0 Å². The SMILES string of the molecule is CSC(=O)CC(=O)[O-]. The molecule has 0 saturated heterocycles. The molecule has 0 rings (SSSR count). The number of aliphatic carboxylic acids is 1. The molecule has 46 valence electrons. The largest absolute Gasteiger partial charge is 0.550 e. The topological polar surface area (TPSA) is 57.2 Å². The van der Waals surface area contributed by atoms with Crippen LogP contribution in [0.25, 0.3) is 0 Å². The molecule has 0 amide bonds. The maximum Gasteiger partial charge on any atom is 0.194 e. The van der Waals surface area contributed by atoms with Crippen molar-refractivity contribution in [1.29, 1.82) is 0 Å². The first kappa shape index (κ1) is 7.49. The van der Waals surface area contributed by atoms with Crippen LogP contribution < -0.4 is 5.11 Å². The van der Waals surface area contributed by atoms with Gasteiger partial charge in [0.05, 0.1) is 6.42 Å². The van der Waals surface area contributed by atoms with E-state index < -0.39 is 12.4 Å². The van der Waals surface area contributed by atoms with Crippen molar-refractivity contribution in [2.24, 2.45) is 0 Å². The van der Waals surface area contributed by atoms with Gasteiger partial charge in [-0.05, 0) is 6.26 Å². The molecule has 0 fully saturated rings.